The smallest absolute Gasteiger partial charge is 0.325 e. The summed E-state index contributed by atoms with van der Waals surface area (Å²) in [5.41, 5.74) is -0.283. The molecule has 1 rings (SSSR count). The molecule has 1 fully saturated rings. The fourth-order valence-corrected chi connectivity index (χ4v) is 1.91. The Morgan fingerprint density at radius 3 is 2.50 bits per heavy atom. The highest BCUT2D eigenvalue weighted by molar-refractivity contribution is 5.91. The summed E-state index contributed by atoms with van der Waals surface area (Å²) in [6.45, 7) is 6.03. The summed E-state index contributed by atoms with van der Waals surface area (Å²) in [6.07, 6.45) is 0.199. The van der Waals surface area contributed by atoms with Crippen LogP contribution in [-0.2, 0) is 19.1 Å². The molecule has 0 aromatic rings. The summed E-state index contributed by atoms with van der Waals surface area (Å²) < 4.78 is 4.43. The Labute approximate surface area is 107 Å². The van der Waals surface area contributed by atoms with Crippen molar-refractivity contribution in [1.82, 2.24) is 10.2 Å². The first kappa shape index (κ1) is 14.5. The van der Waals surface area contributed by atoms with E-state index in [4.69, 9.17) is 0 Å². The number of ether oxygens (including phenoxy) is 1. The third-order valence-corrected chi connectivity index (χ3v) is 2.94. The molecule has 1 atom stereocenters. The van der Waals surface area contributed by atoms with Gasteiger partial charge >= 0.3 is 5.97 Å². The van der Waals surface area contributed by atoms with Crippen molar-refractivity contribution in [3.05, 3.63) is 0 Å². The molecule has 0 bridgehead atoms. The number of methoxy groups -OCH3 is 1. The van der Waals surface area contributed by atoms with Crippen molar-refractivity contribution in [3.63, 3.8) is 0 Å². The molecule has 0 aliphatic carbocycles. The SMILES string of the molecule is COC(=O)CNC(=O)C1CC(=O)N(C(C)(C)C)C1. The summed E-state index contributed by atoms with van der Waals surface area (Å²) >= 11 is 0. The van der Waals surface area contributed by atoms with Crippen molar-refractivity contribution in [2.24, 2.45) is 5.92 Å². The third-order valence-electron chi connectivity index (χ3n) is 2.94. The van der Waals surface area contributed by atoms with Gasteiger partial charge in [-0.15, -0.1) is 0 Å². The molecule has 6 nitrogen and oxygen atoms in total. The zero-order chi connectivity index (χ0) is 13.9. The van der Waals surface area contributed by atoms with Crippen LogP contribution < -0.4 is 5.32 Å². The van der Waals surface area contributed by atoms with Crippen molar-refractivity contribution in [1.29, 1.82) is 0 Å². The largest absolute Gasteiger partial charge is 0.468 e. The molecule has 0 saturated carbocycles. The Kier molecular flexibility index (Phi) is 4.32. The van der Waals surface area contributed by atoms with E-state index in [-0.39, 0.29) is 36.2 Å². The van der Waals surface area contributed by atoms with E-state index in [0.717, 1.165) is 0 Å². The highest BCUT2D eigenvalue weighted by Crippen LogP contribution is 2.25. The lowest BCUT2D eigenvalue weighted by Gasteiger charge is -2.31. The van der Waals surface area contributed by atoms with E-state index < -0.39 is 5.97 Å². The molecule has 1 aliphatic heterocycles. The van der Waals surface area contributed by atoms with Gasteiger partial charge in [-0.1, -0.05) is 0 Å². The molecule has 1 unspecified atom stereocenters. The van der Waals surface area contributed by atoms with E-state index in [1.165, 1.54) is 7.11 Å². The van der Waals surface area contributed by atoms with Crippen LogP contribution in [0, 0.1) is 5.92 Å². The molecule has 2 amide bonds. The van der Waals surface area contributed by atoms with E-state index in [0.29, 0.717) is 6.54 Å². The molecule has 18 heavy (non-hydrogen) atoms. The second kappa shape index (κ2) is 5.37. The summed E-state index contributed by atoms with van der Waals surface area (Å²) in [4.78, 5) is 36.2. The van der Waals surface area contributed by atoms with Crippen LogP contribution in [-0.4, -0.2) is 48.4 Å². The van der Waals surface area contributed by atoms with Gasteiger partial charge in [0.05, 0.1) is 13.0 Å². The molecule has 1 N–H and O–H groups in total. The lowest BCUT2D eigenvalue weighted by Crippen LogP contribution is -2.43. The molecule has 0 radical (unpaired) electrons. The maximum absolute atomic E-state index is 11.8. The van der Waals surface area contributed by atoms with Gasteiger partial charge in [0.25, 0.3) is 0 Å². The number of esters is 1. The maximum atomic E-state index is 11.8. The Morgan fingerprint density at radius 1 is 1.44 bits per heavy atom. The first-order valence-electron chi connectivity index (χ1n) is 5.90. The molecule has 1 aliphatic rings. The van der Waals surface area contributed by atoms with Crippen LogP contribution in [0.15, 0.2) is 0 Å². The zero-order valence-electron chi connectivity index (χ0n) is 11.3. The van der Waals surface area contributed by atoms with Crippen molar-refractivity contribution < 1.29 is 19.1 Å². The summed E-state index contributed by atoms with van der Waals surface area (Å²) in [5, 5.41) is 2.48. The standard InChI is InChI=1S/C12H20N2O4/c1-12(2,3)14-7-8(5-9(14)15)11(17)13-6-10(16)18-4/h8H,5-7H2,1-4H3,(H,13,17). The predicted octanol–water partition coefficient (Wildman–Crippen LogP) is -0.0774. The van der Waals surface area contributed by atoms with E-state index in [9.17, 15) is 14.4 Å². The lowest BCUT2D eigenvalue weighted by atomic mass is 10.1. The lowest BCUT2D eigenvalue weighted by molar-refractivity contribution is -0.141. The molecule has 6 heteroatoms. The van der Waals surface area contributed by atoms with Crippen LogP contribution in [0.3, 0.4) is 0 Å². The van der Waals surface area contributed by atoms with E-state index >= 15 is 0 Å². The second-order valence-corrected chi connectivity index (χ2v) is 5.37. The van der Waals surface area contributed by atoms with E-state index in [1.54, 1.807) is 4.90 Å². The number of hydrogen-bond donors (Lipinski definition) is 1. The minimum absolute atomic E-state index is 0.0271. The number of nitrogens with one attached hydrogen (secondary N) is 1. The van der Waals surface area contributed by atoms with Gasteiger partial charge in [0.2, 0.25) is 11.8 Å². The van der Waals surface area contributed by atoms with E-state index in [2.05, 4.69) is 10.1 Å². The summed E-state index contributed by atoms with van der Waals surface area (Å²) in [5.74, 6) is -1.19. The number of likely N-dealkylation sites (tertiary alicyclic amines) is 1. The average molecular weight is 256 g/mol. The minimum atomic E-state index is -0.500. The Bertz CT molecular complexity index is 360. The van der Waals surface area contributed by atoms with Crippen LogP contribution in [0.2, 0.25) is 0 Å². The van der Waals surface area contributed by atoms with Gasteiger partial charge in [-0.25, -0.2) is 0 Å². The maximum Gasteiger partial charge on any atom is 0.325 e. The van der Waals surface area contributed by atoms with Gasteiger partial charge in [-0.3, -0.25) is 14.4 Å². The van der Waals surface area contributed by atoms with Crippen LogP contribution in [0.1, 0.15) is 27.2 Å². The second-order valence-electron chi connectivity index (χ2n) is 5.37. The third kappa shape index (κ3) is 3.45. The molecule has 0 aromatic carbocycles. The predicted molar refractivity (Wildman–Crippen MR) is 64.6 cm³/mol. The fourth-order valence-electron chi connectivity index (χ4n) is 1.91. The number of carbonyl (C=O) groups excluding carboxylic acids is 3. The molecule has 102 valence electrons. The van der Waals surface area contributed by atoms with Gasteiger partial charge in [0.1, 0.15) is 6.54 Å². The van der Waals surface area contributed by atoms with Crippen LogP contribution in [0.5, 0.6) is 0 Å². The number of rotatable bonds is 3. The van der Waals surface area contributed by atoms with Crippen molar-refractivity contribution in [3.8, 4) is 0 Å². The number of nitrogens with zero attached hydrogens (tertiary/aromatic N) is 1. The molecular formula is C12H20N2O4. The number of amides is 2. The van der Waals surface area contributed by atoms with E-state index in [1.807, 2.05) is 20.8 Å². The van der Waals surface area contributed by atoms with Gasteiger partial charge in [0, 0.05) is 18.5 Å². The van der Waals surface area contributed by atoms with Gasteiger partial charge < -0.3 is 15.0 Å². The number of carbonyl (C=O) groups is 3. The van der Waals surface area contributed by atoms with Crippen LogP contribution in [0.4, 0.5) is 0 Å². The summed E-state index contributed by atoms with van der Waals surface area (Å²) in [7, 11) is 1.26. The monoisotopic (exact) mass is 256 g/mol. The van der Waals surface area contributed by atoms with Gasteiger partial charge in [-0.2, -0.15) is 0 Å². The first-order chi connectivity index (χ1) is 8.25. The molecule has 1 saturated heterocycles. The Balaban J connectivity index is 2.53. The summed E-state index contributed by atoms with van der Waals surface area (Å²) in [6, 6.07) is 0. The Morgan fingerprint density at radius 2 is 2.06 bits per heavy atom. The molecule has 0 aromatic heterocycles. The quantitative estimate of drug-likeness (QED) is 0.717. The van der Waals surface area contributed by atoms with Crippen molar-refractivity contribution in [2.75, 3.05) is 20.2 Å². The normalized spacial score (nSPS) is 19.9. The fraction of sp³-hybridized carbons (Fsp3) is 0.750. The highest BCUT2D eigenvalue weighted by atomic mass is 16.5. The van der Waals surface area contributed by atoms with Crippen LogP contribution >= 0.6 is 0 Å². The van der Waals surface area contributed by atoms with Crippen molar-refractivity contribution in [2.45, 2.75) is 32.7 Å². The topological polar surface area (TPSA) is 75.7 Å². The minimum Gasteiger partial charge on any atom is -0.468 e. The van der Waals surface area contributed by atoms with Gasteiger partial charge in [0.15, 0.2) is 0 Å². The highest BCUT2D eigenvalue weighted by Gasteiger charge is 2.39. The number of hydrogen-bond acceptors (Lipinski definition) is 4. The Hall–Kier alpha value is -1.59. The van der Waals surface area contributed by atoms with Crippen molar-refractivity contribution >= 4 is 17.8 Å². The molecule has 0 spiro atoms. The molecular weight excluding hydrogens is 236 g/mol. The zero-order valence-corrected chi connectivity index (χ0v) is 11.3. The molecule has 1 heterocycles. The van der Waals surface area contributed by atoms with Gasteiger partial charge in [-0.05, 0) is 20.8 Å². The average Bonchev–Trinajstić information content (AvgIpc) is 2.67. The first-order valence-corrected chi connectivity index (χ1v) is 5.90. The van der Waals surface area contributed by atoms with Crippen LogP contribution in [0.25, 0.3) is 0 Å².